The molecule has 5 nitrogen and oxygen atoms in total. The summed E-state index contributed by atoms with van der Waals surface area (Å²) in [7, 11) is -1.01. The Hall–Kier alpha value is -3.32. The van der Waals surface area contributed by atoms with E-state index in [-0.39, 0.29) is 24.1 Å². The van der Waals surface area contributed by atoms with Crippen molar-refractivity contribution >= 4 is 34.0 Å². The van der Waals surface area contributed by atoms with Gasteiger partial charge in [0.25, 0.3) is 0 Å². The SMILES string of the molecule is CCS(=O)c1ccc(CC(=O)Nc2ccc(C(C)(C)C(=O)N3CCc4cc(F)ccc43)cc2)cc1. The Morgan fingerprint density at radius 3 is 2.37 bits per heavy atom. The molecule has 0 saturated carbocycles. The molecule has 1 atom stereocenters. The van der Waals surface area contributed by atoms with E-state index < -0.39 is 16.2 Å². The van der Waals surface area contributed by atoms with Crippen LogP contribution in [0.4, 0.5) is 15.8 Å². The highest BCUT2D eigenvalue weighted by Crippen LogP contribution is 2.34. The van der Waals surface area contributed by atoms with Crippen molar-refractivity contribution in [3.63, 3.8) is 0 Å². The quantitative estimate of drug-likeness (QED) is 0.505. The van der Waals surface area contributed by atoms with Crippen LogP contribution in [0.1, 0.15) is 37.5 Å². The van der Waals surface area contributed by atoms with E-state index in [1.807, 2.05) is 45.0 Å². The fourth-order valence-electron chi connectivity index (χ4n) is 4.33. The molecule has 0 spiro atoms. The van der Waals surface area contributed by atoms with E-state index in [4.69, 9.17) is 0 Å². The van der Waals surface area contributed by atoms with Crippen molar-refractivity contribution in [2.45, 2.75) is 43.9 Å². The molecular formula is C28H29FN2O3S. The Morgan fingerprint density at radius 2 is 1.71 bits per heavy atom. The van der Waals surface area contributed by atoms with E-state index in [0.717, 1.165) is 27.3 Å². The molecule has 0 bridgehead atoms. The molecule has 3 aromatic carbocycles. The maximum absolute atomic E-state index is 13.6. The first kappa shape index (κ1) is 24.8. The molecule has 4 rings (SSSR count). The molecule has 3 aromatic rings. The van der Waals surface area contributed by atoms with Crippen molar-refractivity contribution in [1.82, 2.24) is 0 Å². The standard InChI is InChI=1S/C28H29FN2O3S/c1-4-35(34)24-12-5-19(6-13-24)17-26(32)30-23-10-7-21(8-11-23)28(2,3)27(33)31-16-15-20-18-22(29)9-14-25(20)31/h5-14,18H,4,15-17H2,1-3H3,(H,30,32). The second kappa shape index (κ2) is 10.1. The average molecular weight is 493 g/mol. The minimum Gasteiger partial charge on any atom is -0.326 e. The lowest BCUT2D eigenvalue weighted by Crippen LogP contribution is -2.42. The molecule has 7 heteroatoms. The second-order valence-electron chi connectivity index (χ2n) is 9.19. The minimum atomic E-state index is -1.01. The van der Waals surface area contributed by atoms with Crippen LogP contribution in [0, 0.1) is 5.82 Å². The number of rotatable bonds is 7. The predicted octanol–water partition coefficient (Wildman–Crippen LogP) is 5.00. The number of fused-ring (bicyclic) bond motifs is 1. The highest BCUT2D eigenvalue weighted by molar-refractivity contribution is 7.85. The van der Waals surface area contributed by atoms with Gasteiger partial charge in [0.2, 0.25) is 11.8 Å². The van der Waals surface area contributed by atoms with Gasteiger partial charge in [-0.3, -0.25) is 13.8 Å². The summed E-state index contributed by atoms with van der Waals surface area (Å²) < 4.78 is 25.4. The van der Waals surface area contributed by atoms with Crippen LogP contribution in [0.2, 0.25) is 0 Å². The number of amides is 2. The molecule has 1 N–H and O–H groups in total. The van der Waals surface area contributed by atoms with E-state index in [9.17, 15) is 18.2 Å². The zero-order valence-electron chi connectivity index (χ0n) is 20.1. The molecule has 0 radical (unpaired) electrons. The van der Waals surface area contributed by atoms with Crippen LogP contribution in [-0.4, -0.2) is 28.3 Å². The highest BCUT2D eigenvalue weighted by Gasteiger charge is 2.37. The Bertz CT molecular complexity index is 1270. The molecule has 0 fully saturated rings. The molecule has 0 aliphatic carbocycles. The molecule has 35 heavy (non-hydrogen) atoms. The molecule has 2 amide bonds. The Kier molecular flexibility index (Phi) is 7.17. The summed E-state index contributed by atoms with van der Waals surface area (Å²) in [5, 5.41) is 2.89. The van der Waals surface area contributed by atoms with Gasteiger partial charge in [0.1, 0.15) is 5.82 Å². The summed E-state index contributed by atoms with van der Waals surface area (Å²) in [5.41, 5.74) is 3.14. The van der Waals surface area contributed by atoms with Gasteiger partial charge in [-0.1, -0.05) is 31.2 Å². The molecule has 0 aromatic heterocycles. The van der Waals surface area contributed by atoms with Crippen LogP contribution in [0.25, 0.3) is 0 Å². The number of carbonyl (C=O) groups excluding carboxylic acids is 2. The van der Waals surface area contributed by atoms with Gasteiger partial charge in [0, 0.05) is 28.6 Å². The Labute approximate surface area is 207 Å². The van der Waals surface area contributed by atoms with E-state index >= 15 is 0 Å². The lowest BCUT2D eigenvalue weighted by Gasteiger charge is -2.30. The summed E-state index contributed by atoms with van der Waals surface area (Å²) >= 11 is 0. The topological polar surface area (TPSA) is 66.5 Å². The van der Waals surface area contributed by atoms with E-state index in [2.05, 4.69) is 5.32 Å². The van der Waals surface area contributed by atoms with Gasteiger partial charge in [-0.25, -0.2) is 4.39 Å². The molecule has 1 unspecified atom stereocenters. The third kappa shape index (κ3) is 5.35. The first-order valence-corrected chi connectivity index (χ1v) is 13.0. The summed E-state index contributed by atoms with van der Waals surface area (Å²) in [6.07, 6.45) is 0.846. The van der Waals surface area contributed by atoms with Crippen molar-refractivity contribution in [2.75, 3.05) is 22.5 Å². The van der Waals surface area contributed by atoms with Gasteiger partial charge in [-0.2, -0.15) is 0 Å². The fourth-order valence-corrected chi connectivity index (χ4v) is 5.10. The minimum absolute atomic E-state index is 0.0490. The van der Waals surface area contributed by atoms with Crippen molar-refractivity contribution in [3.05, 3.63) is 89.2 Å². The second-order valence-corrected chi connectivity index (χ2v) is 10.9. The van der Waals surface area contributed by atoms with E-state index in [1.54, 1.807) is 35.2 Å². The van der Waals surface area contributed by atoms with Gasteiger partial charge in [0.15, 0.2) is 0 Å². The number of halogens is 1. The number of carbonyl (C=O) groups is 2. The average Bonchev–Trinajstić information content (AvgIpc) is 3.26. The van der Waals surface area contributed by atoms with Crippen molar-refractivity contribution < 1.29 is 18.2 Å². The number of anilines is 2. The van der Waals surface area contributed by atoms with Gasteiger partial charge in [-0.15, -0.1) is 0 Å². The third-order valence-electron chi connectivity index (χ3n) is 6.42. The summed E-state index contributed by atoms with van der Waals surface area (Å²) in [6, 6.07) is 19.1. The molecule has 1 aliphatic rings. The maximum Gasteiger partial charge on any atom is 0.237 e. The number of hydrogen-bond donors (Lipinski definition) is 1. The lowest BCUT2D eigenvalue weighted by molar-refractivity contribution is -0.123. The Morgan fingerprint density at radius 1 is 1.03 bits per heavy atom. The third-order valence-corrected chi connectivity index (χ3v) is 7.74. The first-order chi connectivity index (χ1) is 16.7. The van der Waals surface area contributed by atoms with Gasteiger partial charge >= 0.3 is 0 Å². The van der Waals surface area contributed by atoms with Crippen molar-refractivity contribution in [3.8, 4) is 0 Å². The summed E-state index contributed by atoms with van der Waals surface area (Å²) in [4.78, 5) is 28.4. The Balaban J connectivity index is 1.40. The fraction of sp³-hybridized carbons (Fsp3) is 0.286. The van der Waals surface area contributed by atoms with Gasteiger partial charge in [0.05, 0.1) is 22.6 Å². The number of benzene rings is 3. The smallest absolute Gasteiger partial charge is 0.237 e. The van der Waals surface area contributed by atoms with Crippen LogP contribution in [0.15, 0.2) is 71.6 Å². The summed E-state index contributed by atoms with van der Waals surface area (Å²) in [6.45, 7) is 6.15. The predicted molar refractivity (Wildman–Crippen MR) is 138 cm³/mol. The maximum atomic E-state index is 13.6. The molecule has 1 aliphatic heterocycles. The summed E-state index contributed by atoms with van der Waals surface area (Å²) in [5.74, 6) is 0.0640. The number of hydrogen-bond acceptors (Lipinski definition) is 3. The lowest BCUT2D eigenvalue weighted by atomic mass is 9.83. The van der Waals surface area contributed by atoms with Crippen LogP contribution in [-0.2, 0) is 38.6 Å². The monoisotopic (exact) mass is 492 g/mol. The van der Waals surface area contributed by atoms with E-state index in [1.165, 1.54) is 12.1 Å². The molecule has 1 heterocycles. The van der Waals surface area contributed by atoms with Gasteiger partial charge in [-0.05, 0) is 79.4 Å². The van der Waals surface area contributed by atoms with Crippen molar-refractivity contribution in [2.24, 2.45) is 0 Å². The van der Waals surface area contributed by atoms with Gasteiger partial charge < -0.3 is 10.2 Å². The zero-order valence-corrected chi connectivity index (χ0v) is 21.0. The van der Waals surface area contributed by atoms with Crippen LogP contribution < -0.4 is 10.2 Å². The van der Waals surface area contributed by atoms with Crippen molar-refractivity contribution in [1.29, 1.82) is 0 Å². The first-order valence-electron chi connectivity index (χ1n) is 11.7. The number of nitrogens with zero attached hydrogens (tertiary/aromatic N) is 1. The molecular weight excluding hydrogens is 463 g/mol. The van der Waals surface area contributed by atoms with Crippen LogP contribution >= 0.6 is 0 Å². The van der Waals surface area contributed by atoms with E-state index in [0.29, 0.717) is 24.4 Å². The molecule has 182 valence electrons. The number of nitrogens with one attached hydrogen (secondary N) is 1. The molecule has 0 saturated heterocycles. The normalized spacial score (nSPS) is 13.9. The zero-order chi connectivity index (χ0) is 25.2. The van der Waals surface area contributed by atoms with Crippen LogP contribution in [0.5, 0.6) is 0 Å². The highest BCUT2D eigenvalue weighted by atomic mass is 32.2. The van der Waals surface area contributed by atoms with Crippen LogP contribution in [0.3, 0.4) is 0 Å². The largest absolute Gasteiger partial charge is 0.326 e.